The fourth-order valence-corrected chi connectivity index (χ4v) is 7.20. The molecule has 1 rings (SSSR count). The highest BCUT2D eigenvalue weighted by Crippen LogP contribution is 2.39. The average molecular weight is 403 g/mol. The summed E-state index contributed by atoms with van der Waals surface area (Å²) in [5.41, 5.74) is 0. The lowest BCUT2D eigenvalue weighted by Gasteiger charge is -2.43. The van der Waals surface area contributed by atoms with Crippen molar-refractivity contribution >= 4 is 28.9 Å². The monoisotopic (exact) mass is 402 g/mol. The van der Waals surface area contributed by atoms with Gasteiger partial charge in [-0.15, -0.1) is 0 Å². The Morgan fingerprint density at radius 2 is 1.69 bits per heavy atom. The smallest absolute Gasteiger partial charge is 0.306 e. The second kappa shape index (κ2) is 9.12. The first kappa shape index (κ1) is 23.5. The normalized spacial score (nSPS) is 21.4. The Bertz CT molecular complexity index is 475. The van der Waals surface area contributed by atoms with E-state index in [-0.39, 0.29) is 11.0 Å². The molecule has 26 heavy (non-hydrogen) atoms. The molecule has 1 heterocycles. The molecule has 0 radical (unpaired) electrons. The van der Waals surface area contributed by atoms with Gasteiger partial charge in [-0.25, -0.2) is 0 Å². The topological polar surface area (TPSA) is 61.8 Å². The van der Waals surface area contributed by atoms with Crippen molar-refractivity contribution in [3.05, 3.63) is 0 Å². The summed E-state index contributed by atoms with van der Waals surface area (Å²) in [5, 5.41) is -0.00389. The van der Waals surface area contributed by atoms with Crippen LogP contribution in [0.25, 0.3) is 0 Å². The summed E-state index contributed by atoms with van der Waals surface area (Å²) >= 11 is 0. The summed E-state index contributed by atoms with van der Waals surface area (Å²) in [7, 11) is -4.15. The molecule has 1 saturated heterocycles. The molecule has 0 N–H and O–H groups in total. The molecule has 1 aliphatic rings. The molecule has 1 aliphatic heterocycles. The van der Waals surface area contributed by atoms with Crippen LogP contribution in [-0.2, 0) is 23.2 Å². The summed E-state index contributed by atoms with van der Waals surface area (Å²) in [6.07, 6.45) is 0.246. The van der Waals surface area contributed by atoms with Gasteiger partial charge < -0.3 is 18.4 Å². The van der Waals surface area contributed by atoms with Gasteiger partial charge >= 0.3 is 5.97 Å². The van der Waals surface area contributed by atoms with Crippen molar-refractivity contribution < 1.29 is 23.2 Å². The lowest BCUT2D eigenvalue weighted by atomic mass is 10.1. The van der Waals surface area contributed by atoms with Gasteiger partial charge in [0.1, 0.15) is 24.6 Å². The van der Waals surface area contributed by atoms with E-state index in [0.29, 0.717) is 12.8 Å². The zero-order chi connectivity index (χ0) is 20.2. The van der Waals surface area contributed by atoms with Gasteiger partial charge in [0, 0.05) is 6.42 Å². The maximum atomic E-state index is 12.0. The van der Waals surface area contributed by atoms with Crippen molar-refractivity contribution in [2.45, 2.75) is 109 Å². The molecule has 7 heteroatoms. The van der Waals surface area contributed by atoms with Crippen LogP contribution in [0.3, 0.4) is 0 Å². The highest BCUT2D eigenvalue weighted by atomic mass is 28.4. The van der Waals surface area contributed by atoms with Gasteiger partial charge in [-0.3, -0.25) is 4.79 Å². The van der Waals surface area contributed by atoms with Gasteiger partial charge in [0.05, 0.1) is 0 Å². The van der Waals surface area contributed by atoms with Crippen LogP contribution in [0.15, 0.2) is 0 Å². The molecule has 0 unspecified atom stereocenters. The van der Waals surface area contributed by atoms with Gasteiger partial charge in [-0.05, 0) is 42.7 Å². The lowest BCUT2D eigenvalue weighted by molar-refractivity contribution is -0.149. The van der Waals surface area contributed by atoms with Gasteiger partial charge in [0.25, 0.3) is 0 Å². The number of hydrogen-bond donors (Lipinski definition) is 0. The number of rotatable bonds is 10. The Labute approximate surface area is 161 Å². The van der Waals surface area contributed by atoms with Crippen LogP contribution >= 0.6 is 0 Å². The zero-order valence-electron chi connectivity index (χ0n) is 17.9. The Morgan fingerprint density at radius 1 is 1.15 bits per heavy atom. The van der Waals surface area contributed by atoms with E-state index in [1.807, 2.05) is 0 Å². The highest BCUT2D eigenvalue weighted by Gasteiger charge is 2.47. The van der Waals surface area contributed by atoms with Crippen LogP contribution in [-0.4, -0.2) is 47.2 Å². The standard InChI is InChI=1S/C19H38O5Si2/c1-9-26(10-2,11-3)23-16(14-20)18(15-12-13-17(21)22-15)24-25(7,8)19(4,5)6/h14-16,18H,9-13H2,1-8H3/t15-,16+,18-/m0/s1. The molecule has 5 nitrogen and oxygen atoms in total. The van der Waals surface area contributed by atoms with Crippen molar-refractivity contribution in [1.82, 2.24) is 0 Å². The van der Waals surface area contributed by atoms with E-state index in [1.54, 1.807) is 0 Å². The SMILES string of the molecule is CC[Si](CC)(CC)O[C@H](C=O)[C@@H](O[Si](C)(C)C(C)(C)C)[C@@H]1CCC(=O)O1. The quantitative estimate of drug-likeness (QED) is 0.302. The predicted octanol–water partition coefficient (Wildman–Crippen LogP) is 4.67. The van der Waals surface area contributed by atoms with Gasteiger partial charge in [-0.2, -0.15) is 0 Å². The van der Waals surface area contributed by atoms with Gasteiger partial charge in [0.15, 0.2) is 16.6 Å². The first-order valence-electron chi connectivity index (χ1n) is 9.95. The molecular formula is C19H38O5Si2. The van der Waals surface area contributed by atoms with Gasteiger partial charge in [0.2, 0.25) is 0 Å². The highest BCUT2D eigenvalue weighted by molar-refractivity contribution is 6.74. The molecule has 0 aromatic rings. The minimum absolute atomic E-state index is 0.00389. The predicted molar refractivity (Wildman–Crippen MR) is 109 cm³/mol. The van der Waals surface area contributed by atoms with Crippen LogP contribution < -0.4 is 0 Å². The van der Waals surface area contributed by atoms with Crippen LogP contribution in [0.1, 0.15) is 54.4 Å². The van der Waals surface area contributed by atoms with E-state index in [2.05, 4.69) is 54.6 Å². The molecule has 0 aromatic heterocycles. The Hall–Kier alpha value is -0.506. The number of aldehydes is 1. The summed E-state index contributed by atoms with van der Waals surface area (Å²) in [6, 6.07) is 2.88. The Kier molecular flexibility index (Phi) is 8.26. The van der Waals surface area contributed by atoms with Crippen LogP contribution in [0.4, 0.5) is 0 Å². The molecule has 3 atom stereocenters. The summed E-state index contributed by atoms with van der Waals surface area (Å²) in [4.78, 5) is 23.7. The largest absolute Gasteiger partial charge is 0.460 e. The van der Waals surface area contributed by atoms with Crippen molar-refractivity contribution in [2.24, 2.45) is 0 Å². The molecule has 0 spiro atoms. The Balaban J connectivity index is 3.16. The summed E-state index contributed by atoms with van der Waals surface area (Å²) < 4.78 is 18.6. The van der Waals surface area contributed by atoms with E-state index >= 15 is 0 Å². The summed E-state index contributed by atoms with van der Waals surface area (Å²) in [5.74, 6) is -0.214. The number of hydrogen-bond acceptors (Lipinski definition) is 5. The Morgan fingerprint density at radius 3 is 2.04 bits per heavy atom. The van der Waals surface area contributed by atoms with Gasteiger partial charge in [-0.1, -0.05) is 41.5 Å². The van der Waals surface area contributed by atoms with Crippen LogP contribution in [0.5, 0.6) is 0 Å². The number of ether oxygens (including phenoxy) is 1. The van der Waals surface area contributed by atoms with E-state index in [1.165, 1.54) is 0 Å². The third-order valence-corrected chi connectivity index (χ3v) is 15.4. The fourth-order valence-electron chi connectivity index (χ4n) is 3.11. The number of esters is 1. The molecule has 0 aliphatic carbocycles. The number of cyclic esters (lactones) is 1. The molecule has 0 amide bonds. The van der Waals surface area contributed by atoms with Crippen LogP contribution in [0.2, 0.25) is 36.3 Å². The van der Waals surface area contributed by atoms with E-state index in [4.69, 9.17) is 13.6 Å². The minimum atomic E-state index is -2.16. The molecule has 152 valence electrons. The second-order valence-electron chi connectivity index (χ2n) is 8.87. The lowest BCUT2D eigenvalue weighted by Crippen LogP contribution is -2.55. The van der Waals surface area contributed by atoms with Crippen molar-refractivity contribution in [2.75, 3.05) is 0 Å². The third kappa shape index (κ3) is 5.50. The zero-order valence-corrected chi connectivity index (χ0v) is 19.9. The molecule has 0 saturated carbocycles. The van der Waals surface area contributed by atoms with E-state index in [9.17, 15) is 9.59 Å². The first-order valence-corrected chi connectivity index (χ1v) is 15.4. The summed E-state index contributed by atoms with van der Waals surface area (Å²) in [6.45, 7) is 17.2. The maximum Gasteiger partial charge on any atom is 0.306 e. The first-order chi connectivity index (χ1) is 11.9. The van der Waals surface area contributed by atoms with Crippen LogP contribution in [0, 0.1) is 0 Å². The average Bonchev–Trinajstić information content (AvgIpc) is 3.00. The molecular weight excluding hydrogens is 364 g/mol. The third-order valence-electron chi connectivity index (χ3n) is 6.30. The van der Waals surface area contributed by atoms with E-state index in [0.717, 1.165) is 24.4 Å². The van der Waals surface area contributed by atoms with Crippen molar-refractivity contribution in [1.29, 1.82) is 0 Å². The maximum absolute atomic E-state index is 12.0. The molecule has 0 aromatic carbocycles. The minimum Gasteiger partial charge on any atom is -0.460 e. The molecule has 1 fully saturated rings. The fraction of sp³-hybridized carbons (Fsp3) is 0.895. The molecule has 0 bridgehead atoms. The van der Waals surface area contributed by atoms with E-state index < -0.39 is 34.9 Å². The number of carbonyl (C=O) groups excluding carboxylic acids is 2. The number of carbonyl (C=O) groups is 2. The van der Waals surface area contributed by atoms with Crippen molar-refractivity contribution in [3.8, 4) is 0 Å². The van der Waals surface area contributed by atoms with Crippen molar-refractivity contribution in [3.63, 3.8) is 0 Å². The second-order valence-corrected chi connectivity index (χ2v) is 18.4.